The van der Waals surface area contributed by atoms with Crippen LogP contribution in [0.25, 0.3) is 0 Å². The number of benzene rings is 1. The van der Waals surface area contributed by atoms with E-state index in [1.54, 1.807) is 0 Å². The van der Waals surface area contributed by atoms with Gasteiger partial charge in [-0.3, -0.25) is 4.79 Å². The molecule has 0 heterocycles. The third-order valence-electron chi connectivity index (χ3n) is 1.75. The van der Waals surface area contributed by atoms with E-state index in [-0.39, 0.29) is 5.91 Å². The normalized spacial score (nSPS) is 9.79. The number of carbonyl (C=O) groups is 1. The Bertz CT molecular complexity index is 275. The molecule has 0 spiro atoms. The van der Waals surface area contributed by atoms with Crippen molar-refractivity contribution in [1.29, 1.82) is 0 Å². The van der Waals surface area contributed by atoms with Crippen molar-refractivity contribution < 1.29 is 9.63 Å². The van der Waals surface area contributed by atoms with Gasteiger partial charge in [0.2, 0.25) is 5.91 Å². The quantitative estimate of drug-likeness (QED) is 0.521. The molecule has 0 bridgehead atoms. The number of nitrogens with two attached hydrogens (primary N) is 1. The van der Waals surface area contributed by atoms with Crippen molar-refractivity contribution in [2.45, 2.75) is 6.42 Å². The first-order valence-corrected chi connectivity index (χ1v) is 4.45. The standard InChI is InChI=1S/C10H14N2O2/c11-14-7-6-12-10(13)8-9-4-2-1-3-5-9/h1-5H,6-8,11H2,(H,12,13). The Balaban J connectivity index is 2.27. The molecule has 1 aromatic rings. The van der Waals surface area contributed by atoms with Gasteiger partial charge in [0.15, 0.2) is 0 Å². The summed E-state index contributed by atoms with van der Waals surface area (Å²) in [5, 5.41) is 2.69. The third-order valence-corrected chi connectivity index (χ3v) is 1.75. The van der Waals surface area contributed by atoms with Crippen LogP contribution in [0.5, 0.6) is 0 Å². The second kappa shape index (κ2) is 6.12. The van der Waals surface area contributed by atoms with Crippen molar-refractivity contribution in [2.24, 2.45) is 5.90 Å². The molecule has 0 aromatic heterocycles. The van der Waals surface area contributed by atoms with Gasteiger partial charge in [-0.25, -0.2) is 5.90 Å². The predicted molar refractivity (Wildman–Crippen MR) is 53.3 cm³/mol. The van der Waals surface area contributed by atoms with E-state index in [0.29, 0.717) is 19.6 Å². The first-order valence-electron chi connectivity index (χ1n) is 4.45. The molecule has 0 fully saturated rings. The fraction of sp³-hybridized carbons (Fsp3) is 0.300. The molecule has 1 amide bonds. The molecular formula is C10H14N2O2. The van der Waals surface area contributed by atoms with Crippen molar-refractivity contribution in [3.8, 4) is 0 Å². The Morgan fingerprint density at radius 3 is 2.71 bits per heavy atom. The van der Waals surface area contributed by atoms with Crippen LogP contribution in [0.15, 0.2) is 30.3 Å². The fourth-order valence-corrected chi connectivity index (χ4v) is 1.09. The smallest absolute Gasteiger partial charge is 0.224 e. The van der Waals surface area contributed by atoms with Gasteiger partial charge in [-0.05, 0) is 5.56 Å². The van der Waals surface area contributed by atoms with Crippen LogP contribution >= 0.6 is 0 Å². The zero-order valence-corrected chi connectivity index (χ0v) is 7.90. The average Bonchev–Trinajstić information content (AvgIpc) is 2.20. The molecule has 0 saturated heterocycles. The van der Waals surface area contributed by atoms with Gasteiger partial charge in [0.25, 0.3) is 0 Å². The summed E-state index contributed by atoms with van der Waals surface area (Å²) < 4.78 is 0. The van der Waals surface area contributed by atoms with Crippen LogP contribution in [0.1, 0.15) is 5.56 Å². The van der Waals surface area contributed by atoms with Crippen LogP contribution in [-0.4, -0.2) is 19.1 Å². The van der Waals surface area contributed by atoms with Gasteiger partial charge < -0.3 is 10.2 Å². The lowest BCUT2D eigenvalue weighted by molar-refractivity contribution is -0.120. The summed E-state index contributed by atoms with van der Waals surface area (Å²) in [6, 6.07) is 9.57. The molecule has 0 aliphatic carbocycles. The SMILES string of the molecule is NOCCNC(=O)Cc1ccccc1. The van der Waals surface area contributed by atoms with E-state index >= 15 is 0 Å². The van der Waals surface area contributed by atoms with Crippen LogP contribution in [0.2, 0.25) is 0 Å². The van der Waals surface area contributed by atoms with E-state index in [9.17, 15) is 4.79 Å². The molecule has 4 heteroatoms. The molecule has 0 saturated carbocycles. The van der Waals surface area contributed by atoms with Gasteiger partial charge in [-0.1, -0.05) is 30.3 Å². The summed E-state index contributed by atoms with van der Waals surface area (Å²) in [5.74, 6) is 4.80. The van der Waals surface area contributed by atoms with Crippen LogP contribution in [-0.2, 0) is 16.1 Å². The van der Waals surface area contributed by atoms with Gasteiger partial charge in [0, 0.05) is 6.54 Å². The average molecular weight is 194 g/mol. The summed E-state index contributed by atoms with van der Waals surface area (Å²) >= 11 is 0. The molecule has 0 aliphatic rings. The number of nitrogens with one attached hydrogen (secondary N) is 1. The number of carbonyl (C=O) groups excluding carboxylic acids is 1. The van der Waals surface area contributed by atoms with Gasteiger partial charge in [0.05, 0.1) is 13.0 Å². The summed E-state index contributed by atoms with van der Waals surface area (Å²) in [5.41, 5.74) is 0.999. The van der Waals surface area contributed by atoms with Crippen LogP contribution < -0.4 is 11.2 Å². The van der Waals surface area contributed by atoms with Crippen LogP contribution in [0.4, 0.5) is 0 Å². The zero-order valence-electron chi connectivity index (χ0n) is 7.90. The minimum Gasteiger partial charge on any atom is -0.353 e. The lowest BCUT2D eigenvalue weighted by atomic mass is 10.1. The molecule has 0 unspecified atom stereocenters. The molecule has 0 atom stereocenters. The molecule has 0 radical (unpaired) electrons. The van der Waals surface area contributed by atoms with Crippen molar-refractivity contribution in [3.63, 3.8) is 0 Å². The van der Waals surface area contributed by atoms with Crippen molar-refractivity contribution in [2.75, 3.05) is 13.2 Å². The lowest BCUT2D eigenvalue weighted by Crippen LogP contribution is -2.29. The molecular weight excluding hydrogens is 180 g/mol. The van der Waals surface area contributed by atoms with E-state index in [1.807, 2.05) is 30.3 Å². The lowest BCUT2D eigenvalue weighted by Gasteiger charge is -2.03. The number of hydrogen-bond acceptors (Lipinski definition) is 3. The maximum Gasteiger partial charge on any atom is 0.224 e. The molecule has 1 rings (SSSR count). The Hall–Kier alpha value is -1.39. The maximum absolute atomic E-state index is 11.3. The topological polar surface area (TPSA) is 64.3 Å². The third kappa shape index (κ3) is 4.02. The Morgan fingerprint density at radius 2 is 2.07 bits per heavy atom. The van der Waals surface area contributed by atoms with E-state index in [0.717, 1.165) is 5.56 Å². The molecule has 0 aliphatic heterocycles. The molecule has 14 heavy (non-hydrogen) atoms. The first kappa shape index (κ1) is 10.7. The highest BCUT2D eigenvalue weighted by Crippen LogP contribution is 1.98. The number of rotatable bonds is 5. The van der Waals surface area contributed by atoms with E-state index in [4.69, 9.17) is 5.90 Å². The molecule has 76 valence electrons. The first-order chi connectivity index (χ1) is 6.83. The Labute approximate surface area is 83.0 Å². The highest BCUT2D eigenvalue weighted by atomic mass is 16.6. The molecule has 4 nitrogen and oxygen atoms in total. The highest BCUT2D eigenvalue weighted by Gasteiger charge is 2.00. The summed E-state index contributed by atoms with van der Waals surface area (Å²) in [6.07, 6.45) is 0.394. The molecule has 1 aromatic carbocycles. The minimum absolute atomic E-state index is 0.0201. The summed E-state index contributed by atoms with van der Waals surface area (Å²) in [6.45, 7) is 0.780. The van der Waals surface area contributed by atoms with Crippen molar-refractivity contribution in [1.82, 2.24) is 5.32 Å². The predicted octanol–water partition coefficient (Wildman–Crippen LogP) is 0.236. The second-order valence-electron chi connectivity index (χ2n) is 2.88. The Morgan fingerprint density at radius 1 is 1.36 bits per heavy atom. The second-order valence-corrected chi connectivity index (χ2v) is 2.88. The number of hydrogen-bond donors (Lipinski definition) is 2. The van der Waals surface area contributed by atoms with E-state index < -0.39 is 0 Å². The van der Waals surface area contributed by atoms with Gasteiger partial charge in [-0.2, -0.15) is 0 Å². The zero-order chi connectivity index (χ0) is 10.2. The fourth-order valence-electron chi connectivity index (χ4n) is 1.09. The van der Waals surface area contributed by atoms with Crippen LogP contribution in [0.3, 0.4) is 0 Å². The molecule has 3 N–H and O–H groups in total. The van der Waals surface area contributed by atoms with E-state index in [1.165, 1.54) is 0 Å². The van der Waals surface area contributed by atoms with E-state index in [2.05, 4.69) is 10.2 Å². The van der Waals surface area contributed by atoms with Crippen LogP contribution in [0, 0.1) is 0 Å². The Kier molecular flexibility index (Phi) is 4.68. The van der Waals surface area contributed by atoms with Gasteiger partial charge in [-0.15, -0.1) is 0 Å². The highest BCUT2D eigenvalue weighted by molar-refractivity contribution is 5.78. The van der Waals surface area contributed by atoms with Crippen molar-refractivity contribution >= 4 is 5.91 Å². The number of amides is 1. The largest absolute Gasteiger partial charge is 0.353 e. The van der Waals surface area contributed by atoms with Gasteiger partial charge in [0.1, 0.15) is 0 Å². The summed E-state index contributed by atoms with van der Waals surface area (Å²) in [7, 11) is 0. The monoisotopic (exact) mass is 194 g/mol. The minimum atomic E-state index is -0.0201. The van der Waals surface area contributed by atoms with Crippen molar-refractivity contribution in [3.05, 3.63) is 35.9 Å². The van der Waals surface area contributed by atoms with Gasteiger partial charge >= 0.3 is 0 Å². The maximum atomic E-state index is 11.3. The summed E-state index contributed by atoms with van der Waals surface area (Å²) in [4.78, 5) is 15.6.